The number of amides is 3. The molecule has 2 atom stereocenters. The van der Waals surface area contributed by atoms with Gasteiger partial charge in [0.15, 0.2) is 0 Å². The van der Waals surface area contributed by atoms with Crippen LogP contribution < -0.4 is 5.32 Å². The molecule has 0 radical (unpaired) electrons. The highest BCUT2D eigenvalue weighted by molar-refractivity contribution is 6.42. The number of imide groups is 1. The molecule has 3 rings (SSSR count). The zero-order chi connectivity index (χ0) is 16.6. The molecular formula is C16H16Cl2N2O3. The molecule has 23 heavy (non-hydrogen) atoms. The maximum atomic E-state index is 12.3. The SMILES string of the molecule is O=C(CN1C(=O)C2CCCCC2C1=O)Nc1ccc(Cl)c(Cl)c1. The number of anilines is 1. The zero-order valence-corrected chi connectivity index (χ0v) is 13.9. The number of nitrogens with one attached hydrogen (secondary N) is 1. The van der Waals surface area contributed by atoms with Crippen molar-refractivity contribution in [1.82, 2.24) is 4.90 Å². The molecule has 7 heteroatoms. The van der Waals surface area contributed by atoms with Crippen molar-refractivity contribution in [3.05, 3.63) is 28.2 Å². The standard InChI is InChI=1S/C16H16Cl2N2O3/c17-12-6-5-9(7-13(12)18)19-14(21)8-20-15(22)10-3-1-2-4-11(10)16(20)23/h5-7,10-11H,1-4,8H2,(H,19,21). The van der Waals surface area contributed by atoms with Gasteiger partial charge in [0.25, 0.3) is 0 Å². The fourth-order valence-electron chi connectivity index (χ4n) is 3.30. The first-order valence-corrected chi connectivity index (χ1v) is 8.33. The summed E-state index contributed by atoms with van der Waals surface area (Å²) in [6.07, 6.45) is 3.40. The summed E-state index contributed by atoms with van der Waals surface area (Å²) in [5, 5.41) is 3.34. The van der Waals surface area contributed by atoms with Crippen LogP contribution in [0.5, 0.6) is 0 Å². The van der Waals surface area contributed by atoms with E-state index in [1.807, 2.05) is 0 Å². The van der Waals surface area contributed by atoms with Gasteiger partial charge in [-0.15, -0.1) is 0 Å². The highest BCUT2D eigenvalue weighted by atomic mass is 35.5. The molecule has 0 aromatic heterocycles. The van der Waals surface area contributed by atoms with E-state index in [1.54, 1.807) is 12.1 Å². The number of hydrogen-bond donors (Lipinski definition) is 1. The van der Waals surface area contributed by atoms with E-state index in [-0.39, 0.29) is 30.2 Å². The fourth-order valence-corrected chi connectivity index (χ4v) is 3.60. The second-order valence-corrected chi connectivity index (χ2v) is 6.75. The van der Waals surface area contributed by atoms with Gasteiger partial charge < -0.3 is 5.32 Å². The third-order valence-electron chi connectivity index (χ3n) is 4.44. The monoisotopic (exact) mass is 354 g/mol. The van der Waals surface area contributed by atoms with Gasteiger partial charge in [-0.3, -0.25) is 19.3 Å². The summed E-state index contributed by atoms with van der Waals surface area (Å²) in [7, 11) is 0. The highest BCUT2D eigenvalue weighted by Crippen LogP contribution is 2.37. The molecule has 1 saturated carbocycles. The molecule has 1 aromatic rings. The molecule has 2 unspecified atom stereocenters. The van der Waals surface area contributed by atoms with Crippen molar-refractivity contribution in [2.24, 2.45) is 11.8 Å². The lowest BCUT2D eigenvalue weighted by molar-refractivity contribution is -0.142. The highest BCUT2D eigenvalue weighted by Gasteiger charge is 2.48. The number of nitrogens with zero attached hydrogens (tertiary/aromatic N) is 1. The van der Waals surface area contributed by atoms with Gasteiger partial charge in [-0.1, -0.05) is 36.0 Å². The van der Waals surface area contributed by atoms with E-state index >= 15 is 0 Å². The minimum atomic E-state index is -0.427. The molecular weight excluding hydrogens is 339 g/mol. The van der Waals surface area contributed by atoms with Gasteiger partial charge in [-0.25, -0.2) is 0 Å². The van der Waals surface area contributed by atoms with Crippen LogP contribution >= 0.6 is 23.2 Å². The number of carbonyl (C=O) groups is 3. The lowest BCUT2D eigenvalue weighted by atomic mass is 9.81. The van der Waals surface area contributed by atoms with E-state index in [1.165, 1.54) is 6.07 Å². The third kappa shape index (κ3) is 3.21. The van der Waals surface area contributed by atoms with Crippen molar-refractivity contribution in [3.63, 3.8) is 0 Å². The topological polar surface area (TPSA) is 66.5 Å². The molecule has 1 heterocycles. The first kappa shape index (κ1) is 16.3. The van der Waals surface area contributed by atoms with Gasteiger partial charge in [0.2, 0.25) is 17.7 Å². The van der Waals surface area contributed by atoms with E-state index in [4.69, 9.17) is 23.2 Å². The Kier molecular flexibility index (Phi) is 4.60. The molecule has 122 valence electrons. The van der Waals surface area contributed by atoms with Crippen LogP contribution in [-0.2, 0) is 14.4 Å². The van der Waals surface area contributed by atoms with Crippen molar-refractivity contribution in [1.29, 1.82) is 0 Å². The molecule has 0 bridgehead atoms. The van der Waals surface area contributed by atoms with Gasteiger partial charge in [0.1, 0.15) is 6.54 Å². The molecule has 1 aromatic carbocycles. The van der Waals surface area contributed by atoms with Crippen LogP contribution in [0, 0.1) is 11.8 Å². The summed E-state index contributed by atoms with van der Waals surface area (Å²) in [4.78, 5) is 37.9. The Balaban J connectivity index is 1.66. The van der Waals surface area contributed by atoms with Crippen molar-refractivity contribution < 1.29 is 14.4 Å². The lowest BCUT2D eigenvalue weighted by Gasteiger charge is -2.19. The number of hydrogen-bond acceptors (Lipinski definition) is 3. The number of carbonyl (C=O) groups excluding carboxylic acids is 3. The van der Waals surface area contributed by atoms with Crippen LogP contribution in [0.15, 0.2) is 18.2 Å². The van der Waals surface area contributed by atoms with Gasteiger partial charge in [0.05, 0.1) is 21.9 Å². The van der Waals surface area contributed by atoms with E-state index in [0.717, 1.165) is 30.6 Å². The summed E-state index contributed by atoms with van der Waals surface area (Å²) in [5.41, 5.74) is 0.473. The number of halogens is 2. The molecule has 5 nitrogen and oxygen atoms in total. The fraction of sp³-hybridized carbons (Fsp3) is 0.438. The minimum absolute atomic E-state index is 0.219. The first-order valence-electron chi connectivity index (χ1n) is 7.57. The van der Waals surface area contributed by atoms with E-state index < -0.39 is 5.91 Å². The van der Waals surface area contributed by atoms with Crippen molar-refractivity contribution in [2.75, 3.05) is 11.9 Å². The largest absolute Gasteiger partial charge is 0.324 e. The summed E-state index contributed by atoms with van der Waals surface area (Å²) in [6.45, 7) is -0.259. The molecule has 1 aliphatic heterocycles. The van der Waals surface area contributed by atoms with Crippen LogP contribution in [0.25, 0.3) is 0 Å². The van der Waals surface area contributed by atoms with Crippen LogP contribution in [0.2, 0.25) is 10.0 Å². The Labute approximate surface area is 143 Å². The summed E-state index contributed by atoms with van der Waals surface area (Å²) >= 11 is 11.7. The van der Waals surface area contributed by atoms with Gasteiger partial charge >= 0.3 is 0 Å². The number of benzene rings is 1. The number of rotatable bonds is 3. The van der Waals surface area contributed by atoms with Gasteiger partial charge in [-0.2, -0.15) is 0 Å². The summed E-state index contributed by atoms with van der Waals surface area (Å²) < 4.78 is 0. The predicted molar refractivity (Wildman–Crippen MR) is 87.3 cm³/mol. The quantitative estimate of drug-likeness (QED) is 0.848. The van der Waals surface area contributed by atoms with Crippen LogP contribution in [0.4, 0.5) is 5.69 Å². The van der Waals surface area contributed by atoms with Gasteiger partial charge in [-0.05, 0) is 31.0 Å². The third-order valence-corrected chi connectivity index (χ3v) is 5.18. The van der Waals surface area contributed by atoms with E-state index in [2.05, 4.69) is 5.32 Å². The zero-order valence-electron chi connectivity index (χ0n) is 12.4. The molecule has 1 aliphatic carbocycles. The minimum Gasteiger partial charge on any atom is -0.324 e. The van der Waals surface area contributed by atoms with Crippen molar-refractivity contribution in [3.8, 4) is 0 Å². The second kappa shape index (κ2) is 6.49. The maximum Gasteiger partial charge on any atom is 0.244 e. The first-order chi connectivity index (χ1) is 11.0. The Morgan fingerprint density at radius 3 is 2.26 bits per heavy atom. The van der Waals surface area contributed by atoms with Crippen LogP contribution in [0.1, 0.15) is 25.7 Å². The maximum absolute atomic E-state index is 12.3. The normalized spacial score (nSPS) is 23.8. The van der Waals surface area contributed by atoms with Crippen LogP contribution in [0.3, 0.4) is 0 Å². The lowest BCUT2D eigenvalue weighted by Crippen LogP contribution is -2.38. The summed E-state index contributed by atoms with van der Waals surface area (Å²) in [6, 6.07) is 4.70. The molecule has 2 aliphatic rings. The predicted octanol–water partition coefficient (Wildman–Crippen LogP) is 3.11. The number of likely N-dealkylation sites (tertiary alicyclic amines) is 1. The Morgan fingerprint density at radius 2 is 1.70 bits per heavy atom. The number of fused-ring (bicyclic) bond motifs is 1. The van der Waals surface area contributed by atoms with E-state index in [0.29, 0.717) is 15.7 Å². The van der Waals surface area contributed by atoms with Crippen LogP contribution in [-0.4, -0.2) is 29.2 Å². The molecule has 0 spiro atoms. The van der Waals surface area contributed by atoms with Gasteiger partial charge in [0, 0.05) is 5.69 Å². The average molecular weight is 355 g/mol. The molecule has 1 saturated heterocycles. The summed E-state index contributed by atoms with van der Waals surface area (Å²) in [5.74, 6) is -1.35. The Bertz CT molecular complexity index is 653. The Hall–Kier alpha value is -1.59. The van der Waals surface area contributed by atoms with E-state index in [9.17, 15) is 14.4 Å². The van der Waals surface area contributed by atoms with Crippen molar-refractivity contribution in [2.45, 2.75) is 25.7 Å². The Morgan fingerprint density at radius 1 is 1.09 bits per heavy atom. The average Bonchev–Trinajstić information content (AvgIpc) is 2.76. The molecule has 3 amide bonds. The molecule has 1 N–H and O–H groups in total. The van der Waals surface area contributed by atoms with Crippen molar-refractivity contribution >= 4 is 46.6 Å². The second-order valence-electron chi connectivity index (χ2n) is 5.94. The smallest absolute Gasteiger partial charge is 0.244 e. The molecule has 2 fully saturated rings.